The molecule has 0 saturated heterocycles. The van der Waals surface area contributed by atoms with Gasteiger partial charge in [0.05, 0.1) is 10.9 Å². The summed E-state index contributed by atoms with van der Waals surface area (Å²) < 4.78 is 6.25. The lowest BCUT2D eigenvalue weighted by Crippen LogP contribution is -2.09. The predicted molar refractivity (Wildman–Crippen MR) is 127 cm³/mol. The zero-order valence-electron chi connectivity index (χ0n) is 17.2. The maximum atomic E-state index is 6.25. The smallest absolute Gasteiger partial charge is 0.146 e. The van der Waals surface area contributed by atoms with Crippen molar-refractivity contribution in [3.8, 4) is 11.3 Å². The summed E-state index contributed by atoms with van der Waals surface area (Å²) in [4.78, 5) is 4.65. The molecule has 0 aliphatic rings. The lowest BCUT2D eigenvalue weighted by atomic mass is 10.1. The van der Waals surface area contributed by atoms with Crippen LogP contribution in [0.4, 0.5) is 5.82 Å². The maximum Gasteiger partial charge on any atom is 0.146 e. The third-order valence-electron chi connectivity index (χ3n) is 5.21. The largest absolute Gasteiger partial charge is 0.456 e. The van der Waals surface area contributed by atoms with Crippen LogP contribution in [0.2, 0.25) is 5.02 Å². The van der Waals surface area contributed by atoms with Gasteiger partial charge in [-0.05, 0) is 73.5 Å². The number of fused-ring (bicyclic) bond motifs is 2. The Morgan fingerprint density at radius 1 is 0.903 bits per heavy atom. The second-order valence-corrected chi connectivity index (χ2v) is 8.01. The van der Waals surface area contributed by atoms with Crippen molar-refractivity contribution in [2.75, 3.05) is 5.43 Å². The van der Waals surface area contributed by atoms with Gasteiger partial charge in [0.25, 0.3) is 0 Å². The van der Waals surface area contributed by atoms with Crippen LogP contribution in [0, 0.1) is 13.8 Å². The number of pyridine rings is 1. The van der Waals surface area contributed by atoms with E-state index < -0.39 is 0 Å². The average Bonchev–Trinajstić information content (AvgIpc) is 2.77. The number of aryl methyl sites for hydroxylation is 2. The molecule has 5 rings (SSSR count). The fourth-order valence-corrected chi connectivity index (χ4v) is 3.90. The lowest BCUT2D eigenvalue weighted by molar-refractivity contribution is 0.617. The molecule has 0 atom stereocenters. The standard InChI is InChI=1S/C26H20ClN3O/c1-16-13-17(2)26-22(29-30-25-12-9-18-5-3-4-6-21(18)28-25)15-23(31-24(26)14-16)19-7-10-20(27)11-8-19/h3-15H,1-2H3,(H,28,30)/b29-22+. The van der Waals surface area contributed by atoms with Gasteiger partial charge in [-0.2, -0.15) is 5.10 Å². The van der Waals surface area contributed by atoms with Crippen LogP contribution in [0.1, 0.15) is 11.1 Å². The van der Waals surface area contributed by atoms with Crippen molar-refractivity contribution in [2.24, 2.45) is 5.10 Å². The molecule has 31 heavy (non-hydrogen) atoms. The Bertz CT molecular complexity index is 1490. The number of hydrogen-bond acceptors (Lipinski definition) is 4. The first-order valence-electron chi connectivity index (χ1n) is 10.0. The predicted octanol–water partition coefficient (Wildman–Crippen LogP) is 6.85. The number of hydrogen-bond donors (Lipinski definition) is 1. The quantitative estimate of drug-likeness (QED) is 0.322. The molecule has 3 aromatic carbocycles. The van der Waals surface area contributed by atoms with Gasteiger partial charge < -0.3 is 4.42 Å². The van der Waals surface area contributed by atoms with E-state index in [1.54, 1.807) is 0 Å². The molecule has 0 saturated carbocycles. The second-order valence-electron chi connectivity index (χ2n) is 7.57. The molecule has 0 unspecified atom stereocenters. The minimum atomic E-state index is 0.685. The Hall–Kier alpha value is -3.63. The monoisotopic (exact) mass is 425 g/mol. The first-order valence-corrected chi connectivity index (χ1v) is 10.4. The van der Waals surface area contributed by atoms with E-state index in [1.165, 1.54) is 0 Å². The maximum absolute atomic E-state index is 6.25. The van der Waals surface area contributed by atoms with Gasteiger partial charge in [-0.15, -0.1) is 0 Å². The Morgan fingerprint density at radius 2 is 1.71 bits per heavy atom. The van der Waals surface area contributed by atoms with Crippen LogP contribution in [0.5, 0.6) is 0 Å². The first kappa shape index (κ1) is 19.3. The van der Waals surface area contributed by atoms with Crippen LogP contribution in [-0.4, -0.2) is 4.98 Å². The molecular formula is C26H20ClN3O. The summed E-state index contributed by atoms with van der Waals surface area (Å²) in [6, 6.07) is 25.7. The number of halogens is 1. The Morgan fingerprint density at radius 3 is 2.55 bits per heavy atom. The van der Waals surface area contributed by atoms with E-state index in [4.69, 9.17) is 21.1 Å². The topological polar surface area (TPSA) is 50.4 Å². The molecule has 1 N–H and O–H groups in total. The number of nitrogens with one attached hydrogen (secondary N) is 1. The summed E-state index contributed by atoms with van der Waals surface area (Å²) in [6.45, 7) is 4.13. The van der Waals surface area contributed by atoms with E-state index >= 15 is 0 Å². The molecule has 0 spiro atoms. The number of para-hydroxylation sites is 1. The third-order valence-corrected chi connectivity index (χ3v) is 5.46. The van der Waals surface area contributed by atoms with Crippen LogP contribution in [0.25, 0.3) is 33.2 Å². The molecular weight excluding hydrogens is 406 g/mol. The molecule has 0 radical (unpaired) electrons. The second kappa shape index (κ2) is 7.89. The van der Waals surface area contributed by atoms with Crippen LogP contribution >= 0.6 is 11.6 Å². The minimum absolute atomic E-state index is 0.685. The van der Waals surface area contributed by atoms with E-state index in [1.807, 2.05) is 72.8 Å². The Labute approximate surface area is 184 Å². The van der Waals surface area contributed by atoms with Crippen molar-refractivity contribution < 1.29 is 4.42 Å². The van der Waals surface area contributed by atoms with E-state index in [0.717, 1.165) is 49.7 Å². The summed E-state index contributed by atoms with van der Waals surface area (Å²) in [6.07, 6.45) is 0. The van der Waals surface area contributed by atoms with Crippen LogP contribution in [-0.2, 0) is 0 Å². The summed E-state index contributed by atoms with van der Waals surface area (Å²) in [5.41, 5.74) is 8.01. The van der Waals surface area contributed by atoms with E-state index in [0.29, 0.717) is 10.8 Å². The first-order chi connectivity index (χ1) is 15.1. The van der Waals surface area contributed by atoms with Crippen molar-refractivity contribution >= 4 is 39.3 Å². The number of anilines is 1. The Balaban J connectivity index is 1.66. The van der Waals surface area contributed by atoms with Crippen LogP contribution in [0.3, 0.4) is 0 Å². The molecule has 0 aliphatic heterocycles. The van der Waals surface area contributed by atoms with Crippen molar-refractivity contribution in [3.05, 3.63) is 100 Å². The SMILES string of the molecule is Cc1cc(C)c2/c(=N/Nc3ccc4ccccc4n3)cc(-c3ccc(Cl)cc3)oc2c1. The van der Waals surface area contributed by atoms with Gasteiger partial charge in [0.15, 0.2) is 0 Å². The molecule has 5 heteroatoms. The van der Waals surface area contributed by atoms with Gasteiger partial charge in [0, 0.05) is 27.4 Å². The van der Waals surface area contributed by atoms with E-state index in [-0.39, 0.29) is 0 Å². The molecule has 152 valence electrons. The average molecular weight is 426 g/mol. The van der Waals surface area contributed by atoms with Gasteiger partial charge in [-0.3, -0.25) is 5.43 Å². The van der Waals surface area contributed by atoms with Gasteiger partial charge in [-0.25, -0.2) is 4.98 Å². The molecule has 0 aliphatic carbocycles. The fourth-order valence-electron chi connectivity index (χ4n) is 3.77. The summed E-state index contributed by atoms with van der Waals surface area (Å²) in [7, 11) is 0. The molecule has 0 bridgehead atoms. The highest BCUT2D eigenvalue weighted by Crippen LogP contribution is 2.26. The fraction of sp³-hybridized carbons (Fsp3) is 0.0769. The zero-order chi connectivity index (χ0) is 21.4. The van der Waals surface area contributed by atoms with Crippen molar-refractivity contribution in [2.45, 2.75) is 13.8 Å². The van der Waals surface area contributed by atoms with Gasteiger partial charge in [0.1, 0.15) is 17.2 Å². The Kier molecular flexibility index (Phi) is 4.92. The highest BCUT2D eigenvalue weighted by Gasteiger charge is 2.09. The third kappa shape index (κ3) is 3.90. The van der Waals surface area contributed by atoms with Crippen molar-refractivity contribution in [1.29, 1.82) is 0 Å². The number of aromatic nitrogens is 1. The van der Waals surface area contributed by atoms with Gasteiger partial charge in [0.2, 0.25) is 0 Å². The molecule has 0 amide bonds. The number of nitrogens with zero attached hydrogens (tertiary/aromatic N) is 2. The van der Waals surface area contributed by atoms with Gasteiger partial charge >= 0.3 is 0 Å². The van der Waals surface area contributed by atoms with E-state index in [2.05, 4.69) is 30.3 Å². The highest BCUT2D eigenvalue weighted by molar-refractivity contribution is 6.30. The van der Waals surface area contributed by atoms with Crippen LogP contribution < -0.4 is 10.8 Å². The zero-order valence-corrected chi connectivity index (χ0v) is 17.9. The van der Waals surface area contributed by atoms with Crippen LogP contribution in [0.15, 0.2) is 88.4 Å². The van der Waals surface area contributed by atoms with E-state index in [9.17, 15) is 0 Å². The van der Waals surface area contributed by atoms with Gasteiger partial charge in [-0.1, -0.05) is 35.9 Å². The molecule has 4 nitrogen and oxygen atoms in total. The highest BCUT2D eigenvalue weighted by atomic mass is 35.5. The van der Waals surface area contributed by atoms with Crippen molar-refractivity contribution in [1.82, 2.24) is 4.98 Å². The normalized spacial score (nSPS) is 11.9. The number of rotatable bonds is 3. The molecule has 5 aromatic rings. The molecule has 2 aromatic heterocycles. The lowest BCUT2D eigenvalue weighted by Gasteiger charge is -2.09. The minimum Gasteiger partial charge on any atom is -0.456 e. The summed E-state index contributed by atoms with van der Waals surface area (Å²) in [5, 5.41) is 8.24. The summed E-state index contributed by atoms with van der Waals surface area (Å²) in [5.74, 6) is 1.41. The molecule has 0 fully saturated rings. The summed E-state index contributed by atoms with van der Waals surface area (Å²) >= 11 is 6.06. The molecule has 2 heterocycles. The van der Waals surface area contributed by atoms with Crippen molar-refractivity contribution in [3.63, 3.8) is 0 Å². The number of benzene rings is 3.